The molecule has 13 heteroatoms. The van der Waals surface area contributed by atoms with Gasteiger partial charge in [-0.25, -0.2) is 4.98 Å². The minimum Gasteiger partial charge on any atom is -0.508 e. The number of benzene rings is 2. The van der Waals surface area contributed by atoms with Gasteiger partial charge in [-0.1, -0.05) is 30.3 Å². The number of imidazole rings is 1. The number of nitrogens with zero attached hydrogens (tertiary/aromatic N) is 2. The zero-order chi connectivity index (χ0) is 35.9. The number of H-pyrrole nitrogens is 1. The van der Waals surface area contributed by atoms with E-state index >= 15 is 0 Å². The second kappa shape index (κ2) is 19.1. The number of nitrogens with one attached hydrogen (secondary N) is 2. The van der Waals surface area contributed by atoms with E-state index in [1.165, 1.54) is 6.33 Å². The average molecular weight is 675 g/mol. The summed E-state index contributed by atoms with van der Waals surface area (Å²) in [7, 11) is 0. The number of hydrogen-bond acceptors (Lipinski definition) is 8. The van der Waals surface area contributed by atoms with Crippen LogP contribution in [0.4, 0.5) is 0 Å². The van der Waals surface area contributed by atoms with E-state index in [4.69, 9.17) is 22.9 Å². The maximum Gasteiger partial charge on any atom is 0.224 e. The molecule has 11 N–H and O–H groups in total. The van der Waals surface area contributed by atoms with Gasteiger partial charge in [0.05, 0.1) is 18.4 Å². The van der Waals surface area contributed by atoms with Gasteiger partial charge in [-0.3, -0.25) is 24.2 Å². The van der Waals surface area contributed by atoms with Crippen molar-refractivity contribution in [3.63, 3.8) is 0 Å². The number of aromatic hydroxyl groups is 1. The zero-order valence-electron chi connectivity index (χ0n) is 28.4. The van der Waals surface area contributed by atoms with E-state index in [0.717, 1.165) is 28.7 Å². The molecular weight excluding hydrogens is 624 g/mol. The van der Waals surface area contributed by atoms with Crippen molar-refractivity contribution in [2.24, 2.45) is 39.8 Å². The largest absolute Gasteiger partial charge is 0.508 e. The number of phenols is 1. The fraction of sp³-hybridized carbons (Fsp3) is 0.444. The smallest absolute Gasteiger partial charge is 0.224 e. The number of rotatable bonds is 21. The summed E-state index contributed by atoms with van der Waals surface area (Å²) in [4.78, 5) is 64.5. The fourth-order valence-corrected chi connectivity index (χ4v) is 5.95. The second-order valence-corrected chi connectivity index (χ2v) is 12.7. The highest BCUT2D eigenvalue weighted by molar-refractivity contribution is 5.94. The third-order valence-corrected chi connectivity index (χ3v) is 8.73. The Kier molecular flexibility index (Phi) is 15.0. The van der Waals surface area contributed by atoms with E-state index in [-0.39, 0.29) is 49.0 Å². The van der Waals surface area contributed by atoms with Gasteiger partial charge in [0.15, 0.2) is 11.7 Å². The summed E-state index contributed by atoms with van der Waals surface area (Å²) in [5.74, 6) is -3.31. The molecule has 2 aromatic carbocycles. The topological polar surface area (TPSA) is 246 Å². The second-order valence-electron chi connectivity index (χ2n) is 12.7. The molecule has 3 rings (SSSR count). The molecule has 0 fully saturated rings. The monoisotopic (exact) mass is 674 g/mol. The summed E-state index contributed by atoms with van der Waals surface area (Å²) < 4.78 is 0. The van der Waals surface area contributed by atoms with Gasteiger partial charge in [0, 0.05) is 49.5 Å². The van der Waals surface area contributed by atoms with Gasteiger partial charge in [-0.2, -0.15) is 0 Å². The number of aromatic nitrogens is 2. The summed E-state index contributed by atoms with van der Waals surface area (Å²) in [5.41, 5.74) is 26.8. The summed E-state index contributed by atoms with van der Waals surface area (Å²) in [6.07, 6.45) is 5.58. The zero-order valence-corrected chi connectivity index (χ0v) is 28.4. The molecule has 0 radical (unpaired) electrons. The minimum atomic E-state index is -1.02. The van der Waals surface area contributed by atoms with Crippen molar-refractivity contribution in [1.29, 1.82) is 0 Å². The van der Waals surface area contributed by atoms with E-state index in [0.29, 0.717) is 37.9 Å². The quantitative estimate of drug-likeness (QED) is 0.0496. The average Bonchev–Trinajstić information content (AvgIpc) is 3.56. The van der Waals surface area contributed by atoms with Crippen molar-refractivity contribution in [2.45, 2.75) is 83.7 Å². The molecule has 4 atom stereocenters. The third kappa shape index (κ3) is 12.8. The lowest BCUT2D eigenvalue weighted by molar-refractivity contribution is -0.133. The molecule has 3 aromatic rings. The number of hydrogen-bond donors (Lipinski definition) is 7. The van der Waals surface area contributed by atoms with Crippen molar-refractivity contribution < 1.29 is 24.3 Å². The van der Waals surface area contributed by atoms with Crippen LogP contribution in [-0.2, 0) is 38.4 Å². The number of aliphatic imine (C=N–C) groups is 1. The van der Waals surface area contributed by atoms with E-state index in [2.05, 4.69) is 20.3 Å². The lowest BCUT2D eigenvalue weighted by Crippen LogP contribution is -2.47. The number of nitrogens with two attached hydrogens (primary N) is 4. The summed E-state index contributed by atoms with van der Waals surface area (Å²) in [6, 6.07) is 11.2. The predicted octanol–water partition coefficient (Wildman–Crippen LogP) is 2.04. The lowest BCUT2D eigenvalue weighted by Gasteiger charge is -2.25. The number of carbonyl (C=O) groups is 4. The van der Waals surface area contributed by atoms with Gasteiger partial charge in [0.25, 0.3) is 0 Å². The lowest BCUT2D eigenvalue weighted by atomic mass is 9.86. The number of amides is 2. The van der Waals surface area contributed by atoms with Crippen molar-refractivity contribution in [3.8, 4) is 5.75 Å². The fourth-order valence-electron chi connectivity index (χ4n) is 5.95. The van der Waals surface area contributed by atoms with Crippen LogP contribution in [0.5, 0.6) is 5.75 Å². The normalized spacial score (nSPS) is 13.5. The van der Waals surface area contributed by atoms with Crippen LogP contribution in [0.25, 0.3) is 0 Å². The van der Waals surface area contributed by atoms with Crippen LogP contribution in [-0.4, -0.2) is 63.0 Å². The molecule has 1 aromatic heterocycles. The highest BCUT2D eigenvalue weighted by atomic mass is 16.3. The van der Waals surface area contributed by atoms with Crippen LogP contribution in [0.1, 0.15) is 66.5 Å². The molecule has 264 valence electrons. The number of guanidine groups is 1. The van der Waals surface area contributed by atoms with Gasteiger partial charge < -0.3 is 38.3 Å². The maximum atomic E-state index is 14.1. The molecule has 0 aliphatic rings. The Morgan fingerprint density at radius 2 is 1.59 bits per heavy atom. The van der Waals surface area contributed by atoms with Crippen LogP contribution in [0.3, 0.4) is 0 Å². The molecular formula is C36H50N8O5. The molecule has 2 amide bonds. The summed E-state index contributed by atoms with van der Waals surface area (Å²) in [6.45, 7) is 3.95. The highest BCUT2D eigenvalue weighted by Gasteiger charge is 2.32. The van der Waals surface area contributed by atoms with E-state index in [1.807, 2.05) is 44.2 Å². The summed E-state index contributed by atoms with van der Waals surface area (Å²) in [5, 5.41) is 13.0. The Balaban J connectivity index is 1.81. The van der Waals surface area contributed by atoms with Crippen molar-refractivity contribution in [2.75, 3.05) is 6.54 Å². The number of Topliss-reactive ketones (excluding diaryl/α,β-unsaturated/α-hetero) is 2. The predicted molar refractivity (Wildman–Crippen MR) is 188 cm³/mol. The number of ketones is 2. The number of carbonyl (C=O) groups excluding carboxylic acids is 4. The van der Waals surface area contributed by atoms with Gasteiger partial charge in [0.2, 0.25) is 11.8 Å². The molecule has 0 aliphatic carbocycles. The standard InChI is InChI=1S/C36H50N8O5/c1-22-14-28(45)15-23(2)29(22)16-26(18-32(46)30(37)12-7-13-42-36(39)40)35(49)44-31(19-27-20-41-21-43-27)33(47)17-25(34(38)48)11-6-10-24-8-4-3-5-9-24/h3-5,8-9,14-15,20-21,25-26,30-31,45H,6-7,10-13,16-19,37H2,1-2H3,(H2,38,48)(H,41,43)(H,44,49)(H4,39,40,42)/t25-,26-,30-,31+/m1/s1. The maximum absolute atomic E-state index is 14.1. The van der Waals surface area contributed by atoms with Crippen molar-refractivity contribution in [3.05, 3.63) is 82.9 Å². The van der Waals surface area contributed by atoms with Crippen LogP contribution < -0.4 is 28.3 Å². The first-order valence-electron chi connectivity index (χ1n) is 16.6. The van der Waals surface area contributed by atoms with E-state index < -0.39 is 35.7 Å². The van der Waals surface area contributed by atoms with Crippen LogP contribution >= 0.6 is 0 Å². The van der Waals surface area contributed by atoms with Crippen molar-refractivity contribution in [1.82, 2.24) is 15.3 Å². The highest BCUT2D eigenvalue weighted by Crippen LogP contribution is 2.26. The van der Waals surface area contributed by atoms with Crippen LogP contribution in [0.2, 0.25) is 0 Å². The molecule has 0 saturated carbocycles. The van der Waals surface area contributed by atoms with Crippen LogP contribution in [0.15, 0.2) is 60.0 Å². The first-order valence-corrected chi connectivity index (χ1v) is 16.6. The molecule has 0 unspecified atom stereocenters. The van der Waals surface area contributed by atoms with Gasteiger partial charge in [0.1, 0.15) is 11.5 Å². The Bertz CT molecular complexity index is 1550. The molecule has 0 spiro atoms. The molecule has 0 aliphatic heterocycles. The molecule has 1 heterocycles. The molecule has 13 nitrogen and oxygen atoms in total. The van der Waals surface area contributed by atoms with Gasteiger partial charge >= 0.3 is 0 Å². The Hall–Kier alpha value is -5.04. The SMILES string of the molecule is Cc1cc(O)cc(C)c1C[C@H](CC(=O)[C@H](N)CCCN=C(N)N)C(=O)N[C@@H](Cc1cnc[nH]1)C(=O)C[C@@H](CCCc1ccccc1)C(N)=O. The van der Waals surface area contributed by atoms with E-state index in [1.54, 1.807) is 18.3 Å². The number of primary amides is 1. The first-order chi connectivity index (χ1) is 23.3. The van der Waals surface area contributed by atoms with Crippen molar-refractivity contribution >= 4 is 29.3 Å². The Morgan fingerprint density at radius 3 is 2.20 bits per heavy atom. The third-order valence-electron chi connectivity index (χ3n) is 8.73. The number of aromatic amines is 1. The Morgan fingerprint density at radius 1 is 0.918 bits per heavy atom. The van der Waals surface area contributed by atoms with Gasteiger partial charge in [-0.15, -0.1) is 0 Å². The molecule has 0 bridgehead atoms. The molecule has 0 saturated heterocycles. The number of aryl methyl sites for hydroxylation is 3. The van der Waals surface area contributed by atoms with Gasteiger partial charge in [-0.05, 0) is 86.8 Å². The number of phenolic OH excluding ortho intramolecular Hbond substituents is 1. The molecule has 49 heavy (non-hydrogen) atoms. The minimum absolute atomic E-state index is 0.0511. The van der Waals surface area contributed by atoms with E-state index in [9.17, 15) is 24.3 Å². The summed E-state index contributed by atoms with van der Waals surface area (Å²) >= 11 is 0. The Labute approximate surface area is 287 Å². The van der Waals surface area contributed by atoms with Crippen LogP contribution in [0, 0.1) is 25.7 Å². The first kappa shape index (κ1) is 38.4.